The Kier molecular flexibility index (Phi) is 3.28. The average molecular weight is 140 g/mol. The zero-order chi connectivity index (χ0) is 7.23. The van der Waals surface area contributed by atoms with Crippen LogP contribution in [0.3, 0.4) is 0 Å². The number of rotatable bonds is 0. The number of ether oxygens (including phenoxy) is 1. The largest absolute Gasteiger partial charge is 0.384 e. The van der Waals surface area contributed by atoms with Crippen molar-refractivity contribution >= 4 is 0 Å². The minimum atomic E-state index is -0.0165. The van der Waals surface area contributed by atoms with E-state index in [4.69, 9.17) is 9.84 Å². The zero-order valence-electron chi connectivity index (χ0n) is 5.97. The minimum absolute atomic E-state index is 0.0165. The van der Waals surface area contributed by atoms with Gasteiger partial charge in [-0.05, 0) is 12.8 Å². The summed E-state index contributed by atoms with van der Waals surface area (Å²) < 4.78 is 5.15. The van der Waals surface area contributed by atoms with E-state index in [0.717, 1.165) is 26.1 Å². The number of aliphatic hydroxyl groups excluding tert-OH is 1. The number of hydrogen-bond acceptors (Lipinski definition) is 2. The van der Waals surface area contributed by atoms with Crippen molar-refractivity contribution in [3.8, 4) is 11.8 Å². The highest BCUT2D eigenvalue weighted by Gasteiger charge is 2.09. The van der Waals surface area contributed by atoms with E-state index in [1.54, 1.807) is 0 Å². The van der Waals surface area contributed by atoms with Crippen LogP contribution in [0.25, 0.3) is 0 Å². The van der Waals surface area contributed by atoms with Gasteiger partial charge in [0.25, 0.3) is 0 Å². The summed E-state index contributed by atoms with van der Waals surface area (Å²) in [4.78, 5) is 0. The van der Waals surface area contributed by atoms with Gasteiger partial charge in [-0.25, -0.2) is 0 Å². The summed E-state index contributed by atoms with van der Waals surface area (Å²) in [6, 6.07) is 0. The maximum Gasteiger partial charge on any atom is 0.104 e. The topological polar surface area (TPSA) is 29.5 Å². The van der Waals surface area contributed by atoms with E-state index in [1.165, 1.54) is 0 Å². The van der Waals surface area contributed by atoms with Crippen LogP contribution in [0.1, 0.15) is 12.8 Å². The van der Waals surface area contributed by atoms with Gasteiger partial charge >= 0.3 is 0 Å². The lowest BCUT2D eigenvalue weighted by molar-refractivity contribution is 0.0806. The fourth-order valence-electron chi connectivity index (χ4n) is 1.03. The molecule has 1 N–H and O–H groups in total. The van der Waals surface area contributed by atoms with Crippen LogP contribution in [-0.4, -0.2) is 24.9 Å². The maximum atomic E-state index is 8.39. The lowest BCUT2D eigenvalue weighted by Crippen LogP contribution is -2.13. The van der Waals surface area contributed by atoms with Gasteiger partial charge < -0.3 is 9.84 Å². The van der Waals surface area contributed by atoms with Crippen LogP contribution in [0.15, 0.2) is 0 Å². The molecule has 0 saturated carbocycles. The van der Waals surface area contributed by atoms with Crippen molar-refractivity contribution in [2.45, 2.75) is 12.8 Å². The van der Waals surface area contributed by atoms with Crippen LogP contribution in [0, 0.1) is 17.8 Å². The molecule has 1 saturated heterocycles. The fourth-order valence-corrected chi connectivity index (χ4v) is 1.03. The van der Waals surface area contributed by atoms with E-state index in [-0.39, 0.29) is 6.61 Å². The van der Waals surface area contributed by atoms with E-state index in [2.05, 4.69) is 11.8 Å². The second-order valence-corrected chi connectivity index (χ2v) is 2.37. The van der Waals surface area contributed by atoms with Crippen molar-refractivity contribution in [2.24, 2.45) is 5.92 Å². The van der Waals surface area contributed by atoms with Crippen molar-refractivity contribution in [2.75, 3.05) is 19.8 Å². The molecule has 1 fully saturated rings. The Morgan fingerprint density at radius 1 is 1.40 bits per heavy atom. The molecule has 1 aliphatic heterocycles. The second-order valence-electron chi connectivity index (χ2n) is 2.37. The Morgan fingerprint density at radius 3 is 2.70 bits per heavy atom. The third kappa shape index (κ3) is 2.38. The molecule has 0 bridgehead atoms. The van der Waals surface area contributed by atoms with Gasteiger partial charge in [-0.3, -0.25) is 0 Å². The molecule has 1 aliphatic rings. The summed E-state index contributed by atoms with van der Waals surface area (Å²) in [6.45, 7) is 1.63. The molecule has 0 atom stereocenters. The van der Waals surface area contributed by atoms with E-state index in [0.29, 0.717) is 5.92 Å². The SMILES string of the molecule is OCC#CC1CCOCC1. The molecule has 56 valence electrons. The van der Waals surface area contributed by atoms with Crippen molar-refractivity contribution in [1.29, 1.82) is 0 Å². The highest BCUT2D eigenvalue weighted by molar-refractivity contribution is 5.03. The normalized spacial score (nSPS) is 19.7. The lowest BCUT2D eigenvalue weighted by Gasteiger charge is -2.16. The molecule has 0 aromatic carbocycles. The summed E-state index contributed by atoms with van der Waals surface area (Å²) in [5.74, 6) is 6.12. The zero-order valence-corrected chi connectivity index (χ0v) is 5.97. The first kappa shape index (κ1) is 7.59. The minimum Gasteiger partial charge on any atom is -0.384 e. The van der Waals surface area contributed by atoms with Crippen molar-refractivity contribution in [3.63, 3.8) is 0 Å². The van der Waals surface area contributed by atoms with Gasteiger partial charge in [0.2, 0.25) is 0 Å². The monoisotopic (exact) mass is 140 g/mol. The summed E-state index contributed by atoms with van der Waals surface area (Å²) in [5.41, 5.74) is 0. The fraction of sp³-hybridized carbons (Fsp3) is 0.750. The highest BCUT2D eigenvalue weighted by atomic mass is 16.5. The third-order valence-corrected chi connectivity index (χ3v) is 1.61. The highest BCUT2D eigenvalue weighted by Crippen LogP contribution is 2.12. The van der Waals surface area contributed by atoms with Gasteiger partial charge in [-0.2, -0.15) is 0 Å². The Bertz CT molecular complexity index is 137. The van der Waals surface area contributed by atoms with Crippen LogP contribution in [0.2, 0.25) is 0 Å². The second kappa shape index (κ2) is 4.32. The lowest BCUT2D eigenvalue weighted by atomic mass is 10.0. The van der Waals surface area contributed by atoms with Gasteiger partial charge in [0.05, 0.1) is 0 Å². The van der Waals surface area contributed by atoms with Crippen LogP contribution >= 0.6 is 0 Å². The van der Waals surface area contributed by atoms with E-state index >= 15 is 0 Å². The Hall–Kier alpha value is -0.520. The van der Waals surface area contributed by atoms with Gasteiger partial charge in [0.15, 0.2) is 0 Å². The quantitative estimate of drug-likeness (QED) is 0.494. The molecule has 0 unspecified atom stereocenters. The predicted molar refractivity (Wildman–Crippen MR) is 38.4 cm³/mol. The molecular formula is C8H12O2. The first-order valence-corrected chi connectivity index (χ1v) is 3.60. The molecule has 0 amide bonds. The standard InChI is InChI=1S/C8H12O2/c9-5-1-2-8-3-6-10-7-4-8/h8-9H,3-7H2. The predicted octanol–water partition coefficient (Wildman–Crippen LogP) is 0.409. The molecule has 1 heterocycles. The van der Waals surface area contributed by atoms with Gasteiger partial charge in [-0.15, -0.1) is 0 Å². The molecule has 2 heteroatoms. The number of aliphatic hydroxyl groups is 1. The molecule has 0 radical (unpaired) electrons. The maximum absolute atomic E-state index is 8.39. The van der Waals surface area contributed by atoms with Crippen molar-refractivity contribution in [1.82, 2.24) is 0 Å². The van der Waals surface area contributed by atoms with Gasteiger partial charge in [-0.1, -0.05) is 11.8 Å². The van der Waals surface area contributed by atoms with Crippen LogP contribution < -0.4 is 0 Å². The van der Waals surface area contributed by atoms with E-state index in [1.807, 2.05) is 0 Å². The van der Waals surface area contributed by atoms with Crippen LogP contribution in [0.5, 0.6) is 0 Å². The molecule has 1 rings (SSSR count). The smallest absolute Gasteiger partial charge is 0.104 e. The molecular weight excluding hydrogens is 128 g/mol. The Labute approximate surface area is 61.2 Å². The number of hydrogen-bond donors (Lipinski definition) is 1. The Morgan fingerprint density at radius 2 is 2.10 bits per heavy atom. The molecule has 0 spiro atoms. The van der Waals surface area contributed by atoms with Gasteiger partial charge in [0, 0.05) is 19.1 Å². The van der Waals surface area contributed by atoms with Gasteiger partial charge in [0.1, 0.15) is 6.61 Å². The first-order chi connectivity index (χ1) is 4.93. The molecule has 0 aliphatic carbocycles. The summed E-state index contributed by atoms with van der Waals surface area (Å²) in [7, 11) is 0. The molecule has 10 heavy (non-hydrogen) atoms. The Balaban J connectivity index is 2.25. The van der Waals surface area contributed by atoms with E-state index < -0.39 is 0 Å². The van der Waals surface area contributed by atoms with Crippen molar-refractivity contribution in [3.05, 3.63) is 0 Å². The summed E-state index contributed by atoms with van der Waals surface area (Å²) >= 11 is 0. The summed E-state index contributed by atoms with van der Waals surface area (Å²) in [5, 5.41) is 8.39. The van der Waals surface area contributed by atoms with Crippen molar-refractivity contribution < 1.29 is 9.84 Å². The first-order valence-electron chi connectivity index (χ1n) is 3.60. The molecule has 2 nitrogen and oxygen atoms in total. The summed E-state index contributed by atoms with van der Waals surface area (Å²) in [6.07, 6.45) is 2.04. The molecule has 0 aromatic heterocycles. The average Bonchev–Trinajstić information content (AvgIpc) is 2.03. The van der Waals surface area contributed by atoms with Crippen LogP contribution in [0.4, 0.5) is 0 Å². The van der Waals surface area contributed by atoms with E-state index in [9.17, 15) is 0 Å². The molecule has 0 aromatic rings. The third-order valence-electron chi connectivity index (χ3n) is 1.61. The van der Waals surface area contributed by atoms with Crippen LogP contribution in [-0.2, 0) is 4.74 Å².